The highest BCUT2D eigenvalue weighted by Crippen LogP contribution is 2.16. The smallest absolute Gasteiger partial charge is 0.242 e. The average molecular weight is 318 g/mol. The van der Waals surface area contributed by atoms with Gasteiger partial charge in [-0.25, -0.2) is 4.98 Å². The summed E-state index contributed by atoms with van der Waals surface area (Å²) in [6.07, 6.45) is 4.31. The highest BCUT2D eigenvalue weighted by molar-refractivity contribution is 9.10. The standard InChI is InChI=1S/C11H16BrN3OS/c1-7-5-8(12)6-14-10(7)15-11(16)9(13)3-4-17-2/h5-6,9H,3-4,13H2,1-2H3,(H,14,15,16)/t9-/m1/s1. The lowest BCUT2D eigenvalue weighted by atomic mass is 10.2. The van der Waals surface area contributed by atoms with Gasteiger partial charge in [0, 0.05) is 10.7 Å². The van der Waals surface area contributed by atoms with Gasteiger partial charge in [0.05, 0.1) is 6.04 Å². The zero-order chi connectivity index (χ0) is 12.8. The maximum Gasteiger partial charge on any atom is 0.242 e. The minimum atomic E-state index is -0.479. The number of nitrogens with one attached hydrogen (secondary N) is 1. The summed E-state index contributed by atoms with van der Waals surface area (Å²) in [6.45, 7) is 1.89. The summed E-state index contributed by atoms with van der Waals surface area (Å²) < 4.78 is 0.889. The number of hydrogen-bond donors (Lipinski definition) is 2. The number of rotatable bonds is 5. The maximum absolute atomic E-state index is 11.8. The Kier molecular flexibility index (Phi) is 5.94. The third kappa shape index (κ3) is 4.65. The second kappa shape index (κ2) is 6.98. The molecular weight excluding hydrogens is 302 g/mol. The molecule has 0 aliphatic rings. The number of aryl methyl sites for hydroxylation is 1. The van der Waals surface area contributed by atoms with Crippen LogP contribution >= 0.6 is 27.7 Å². The number of amides is 1. The molecule has 1 atom stereocenters. The fourth-order valence-electron chi connectivity index (χ4n) is 1.26. The van der Waals surface area contributed by atoms with Crippen molar-refractivity contribution in [2.45, 2.75) is 19.4 Å². The van der Waals surface area contributed by atoms with Crippen LogP contribution in [0.2, 0.25) is 0 Å². The Balaban J connectivity index is 2.61. The third-order valence-electron chi connectivity index (χ3n) is 2.26. The van der Waals surface area contributed by atoms with Crippen LogP contribution in [0.3, 0.4) is 0 Å². The first-order valence-electron chi connectivity index (χ1n) is 5.22. The van der Waals surface area contributed by atoms with Crippen molar-refractivity contribution in [3.63, 3.8) is 0 Å². The molecule has 0 saturated carbocycles. The van der Waals surface area contributed by atoms with Crippen LogP contribution in [0, 0.1) is 6.92 Å². The monoisotopic (exact) mass is 317 g/mol. The number of pyridine rings is 1. The summed E-state index contributed by atoms with van der Waals surface area (Å²) in [6, 6.07) is 1.42. The van der Waals surface area contributed by atoms with E-state index in [1.165, 1.54) is 0 Å². The Bertz CT molecular complexity index is 400. The number of thioether (sulfide) groups is 1. The van der Waals surface area contributed by atoms with Gasteiger partial charge in [0.25, 0.3) is 0 Å². The van der Waals surface area contributed by atoms with E-state index in [1.807, 2.05) is 19.2 Å². The molecule has 0 aromatic carbocycles. The number of carbonyl (C=O) groups is 1. The van der Waals surface area contributed by atoms with Gasteiger partial charge in [-0.05, 0) is 52.9 Å². The molecule has 3 N–H and O–H groups in total. The van der Waals surface area contributed by atoms with Crippen LogP contribution in [0.4, 0.5) is 5.82 Å². The Morgan fingerprint density at radius 2 is 2.41 bits per heavy atom. The number of halogens is 1. The Morgan fingerprint density at radius 1 is 1.71 bits per heavy atom. The SMILES string of the molecule is CSCC[C@@H](N)C(=O)Nc1ncc(Br)cc1C. The minimum Gasteiger partial charge on any atom is -0.320 e. The first-order chi connectivity index (χ1) is 8.04. The number of nitrogens with two attached hydrogens (primary N) is 1. The first kappa shape index (κ1) is 14.5. The zero-order valence-corrected chi connectivity index (χ0v) is 12.3. The van der Waals surface area contributed by atoms with E-state index in [9.17, 15) is 4.79 Å². The van der Waals surface area contributed by atoms with Gasteiger partial charge in [-0.1, -0.05) is 0 Å². The quantitative estimate of drug-likeness (QED) is 0.873. The molecule has 0 unspecified atom stereocenters. The van der Waals surface area contributed by atoms with Gasteiger partial charge in [0.1, 0.15) is 5.82 Å². The summed E-state index contributed by atoms with van der Waals surface area (Å²) in [5.74, 6) is 1.26. The molecular formula is C11H16BrN3OS. The molecule has 0 aliphatic carbocycles. The molecule has 0 aliphatic heterocycles. The van der Waals surface area contributed by atoms with Crippen molar-refractivity contribution in [2.24, 2.45) is 5.73 Å². The second-order valence-electron chi connectivity index (χ2n) is 3.70. The van der Waals surface area contributed by atoms with Gasteiger partial charge in [-0.3, -0.25) is 4.79 Å². The summed E-state index contributed by atoms with van der Waals surface area (Å²) >= 11 is 5.00. The van der Waals surface area contributed by atoms with Crippen molar-refractivity contribution in [3.8, 4) is 0 Å². The van der Waals surface area contributed by atoms with Crippen molar-refractivity contribution in [3.05, 3.63) is 22.3 Å². The van der Waals surface area contributed by atoms with Crippen LogP contribution in [0.1, 0.15) is 12.0 Å². The van der Waals surface area contributed by atoms with Gasteiger partial charge >= 0.3 is 0 Å². The molecule has 6 heteroatoms. The molecule has 1 amide bonds. The molecule has 1 heterocycles. The molecule has 94 valence electrons. The van der Waals surface area contributed by atoms with E-state index in [0.717, 1.165) is 15.8 Å². The summed E-state index contributed by atoms with van der Waals surface area (Å²) in [5.41, 5.74) is 6.68. The number of anilines is 1. The van der Waals surface area contributed by atoms with E-state index >= 15 is 0 Å². The van der Waals surface area contributed by atoms with Crippen LogP contribution in [0.15, 0.2) is 16.7 Å². The number of aromatic nitrogens is 1. The number of hydrogen-bond acceptors (Lipinski definition) is 4. The summed E-state index contributed by atoms with van der Waals surface area (Å²) in [4.78, 5) is 15.9. The van der Waals surface area contributed by atoms with Crippen LogP contribution in [-0.2, 0) is 4.79 Å². The average Bonchev–Trinajstić information content (AvgIpc) is 2.29. The van der Waals surface area contributed by atoms with Crippen molar-refractivity contribution in [1.82, 2.24) is 4.98 Å². The topological polar surface area (TPSA) is 68.0 Å². The Labute approximate surface area is 114 Å². The molecule has 1 rings (SSSR count). The zero-order valence-electron chi connectivity index (χ0n) is 9.87. The number of carbonyl (C=O) groups excluding carboxylic acids is 1. The molecule has 0 saturated heterocycles. The lowest BCUT2D eigenvalue weighted by molar-refractivity contribution is -0.117. The normalized spacial score (nSPS) is 12.2. The molecule has 0 bridgehead atoms. The van der Waals surface area contributed by atoms with Crippen LogP contribution in [0.5, 0.6) is 0 Å². The molecule has 1 aromatic rings. The fraction of sp³-hybridized carbons (Fsp3) is 0.455. The minimum absolute atomic E-state index is 0.183. The lowest BCUT2D eigenvalue weighted by Crippen LogP contribution is -2.36. The van der Waals surface area contributed by atoms with Gasteiger partial charge in [0.15, 0.2) is 0 Å². The lowest BCUT2D eigenvalue weighted by Gasteiger charge is -2.12. The maximum atomic E-state index is 11.8. The second-order valence-corrected chi connectivity index (χ2v) is 5.60. The Hall–Kier alpha value is -0.590. The van der Waals surface area contributed by atoms with E-state index < -0.39 is 6.04 Å². The van der Waals surface area contributed by atoms with Gasteiger partial charge in [-0.2, -0.15) is 11.8 Å². The third-order valence-corrected chi connectivity index (χ3v) is 3.33. The van der Waals surface area contributed by atoms with E-state index in [2.05, 4.69) is 26.2 Å². The van der Waals surface area contributed by atoms with Crippen molar-refractivity contribution < 1.29 is 4.79 Å². The van der Waals surface area contributed by atoms with E-state index in [-0.39, 0.29) is 5.91 Å². The van der Waals surface area contributed by atoms with Gasteiger partial charge < -0.3 is 11.1 Å². The van der Waals surface area contributed by atoms with Crippen molar-refractivity contribution in [2.75, 3.05) is 17.3 Å². The first-order valence-corrected chi connectivity index (χ1v) is 7.40. The fourth-order valence-corrected chi connectivity index (χ4v) is 2.19. The van der Waals surface area contributed by atoms with E-state index in [1.54, 1.807) is 18.0 Å². The molecule has 4 nitrogen and oxygen atoms in total. The Morgan fingerprint density at radius 3 is 3.00 bits per heavy atom. The molecule has 1 aromatic heterocycles. The van der Waals surface area contributed by atoms with Crippen molar-refractivity contribution in [1.29, 1.82) is 0 Å². The molecule has 17 heavy (non-hydrogen) atoms. The summed E-state index contributed by atoms with van der Waals surface area (Å²) in [7, 11) is 0. The largest absolute Gasteiger partial charge is 0.320 e. The van der Waals surface area contributed by atoms with Gasteiger partial charge in [-0.15, -0.1) is 0 Å². The van der Waals surface area contributed by atoms with E-state index in [4.69, 9.17) is 5.73 Å². The van der Waals surface area contributed by atoms with Crippen LogP contribution in [0.25, 0.3) is 0 Å². The molecule has 0 spiro atoms. The van der Waals surface area contributed by atoms with E-state index in [0.29, 0.717) is 12.2 Å². The van der Waals surface area contributed by atoms with Crippen LogP contribution < -0.4 is 11.1 Å². The summed E-state index contributed by atoms with van der Waals surface area (Å²) in [5, 5.41) is 2.74. The highest BCUT2D eigenvalue weighted by atomic mass is 79.9. The molecule has 0 fully saturated rings. The van der Waals surface area contributed by atoms with Crippen LogP contribution in [-0.4, -0.2) is 28.9 Å². The predicted octanol–water partition coefficient (Wildman–Crippen LogP) is 2.17. The van der Waals surface area contributed by atoms with Crippen molar-refractivity contribution >= 4 is 39.4 Å². The highest BCUT2D eigenvalue weighted by Gasteiger charge is 2.14. The molecule has 0 radical (unpaired) electrons. The predicted molar refractivity (Wildman–Crippen MR) is 76.3 cm³/mol. The number of nitrogens with zero attached hydrogens (tertiary/aromatic N) is 1. The van der Waals surface area contributed by atoms with Gasteiger partial charge in [0.2, 0.25) is 5.91 Å².